The van der Waals surface area contributed by atoms with Gasteiger partial charge in [0.2, 0.25) is 0 Å². The third-order valence-corrected chi connectivity index (χ3v) is 6.69. The summed E-state index contributed by atoms with van der Waals surface area (Å²) >= 11 is 4.25. The number of amides is 2. The maximum atomic E-state index is 12.2. The normalized spacial score (nSPS) is 14.3. The molecule has 0 unspecified atom stereocenters. The Morgan fingerprint density at radius 2 is 2.04 bits per heavy atom. The Balaban J connectivity index is 1.56. The zero-order valence-electron chi connectivity index (χ0n) is 16.1. The second-order valence-corrected chi connectivity index (χ2v) is 13.6. The van der Waals surface area contributed by atoms with Gasteiger partial charge in [-0.1, -0.05) is 32.5 Å². The van der Waals surface area contributed by atoms with Gasteiger partial charge in [0.15, 0.2) is 11.4 Å². The predicted octanol–water partition coefficient (Wildman–Crippen LogP) is 3.92. The van der Waals surface area contributed by atoms with Crippen LogP contribution in [0.4, 0.5) is 10.6 Å². The van der Waals surface area contributed by atoms with Gasteiger partial charge in [0.05, 0.1) is 11.6 Å². The molecule has 1 saturated carbocycles. The third-order valence-electron chi connectivity index (χ3n) is 4.60. The van der Waals surface area contributed by atoms with Crippen LogP contribution in [0.3, 0.4) is 0 Å². The van der Waals surface area contributed by atoms with Crippen molar-refractivity contribution < 1.29 is 9.21 Å². The van der Waals surface area contributed by atoms with Gasteiger partial charge < -0.3 is 4.42 Å². The zero-order chi connectivity index (χ0) is 19.9. The highest BCUT2D eigenvalue weighted by Crippen LogP contribution is 2.30. The highest BCUT2D eigenvalue weighted by Gasteiger charge is 2.25. The van der Waals surface area contributed by atoms with E-state index < -0.39 is 8.07 Å². The van der Waals surface area contributed by atoms with Gasteiger partial charge in [-0.25, -0.2) is 14.8 Å². The Morgan fingerprint density at radius 3 is 2.71 bits per heavy atom. The van der Waals surface area contributed by atoms with Crippen LogP contribution in [-0.4, -0.2) is 39.9 Å². The molecule has 2 amide bonds. The summed E-state index contributed by atoms with van der Waals surface area (Å²) in [5.74, 6) is 1.66. The van der Waals surface area contributed by atoms with E-state index in [0.717, 1.165) is 18.2 Å². The van der Waals surface area contributed by atoms with Gasteiger partial charge in [0.1, 0.15) is 25.1 Å². The fourth-order valence-corrected chi connectivity index (χ4v) is 4.05. The number of pyridine rings is 1. The molecule has 1 aliphatic rings. The van der Waals surface area contributed by atoms with Crippen molar-refractivity contribution in [1.82, 2.24) is 19.3 Å². The van der Waals surface area contributed by atoms with E-state index in [1.54, 1.807) is 18.3 Å². The summed E-state index contributed by atoms with van der Waals surface area (Å²) in [6.45, 7) is 7.33. The number of carbonyl (C=O) groups excluding carboxylic acids is 1. The van der Waals surface area contributed by atoms with Crippen LogP contribution in [0.25, 0.3) is 22.6 Å². The number of thiol groups is 1. The molecule has 4 rings (SSSR count). The lowest BCUT2D eigenvalue weighted by molar-refractivity contribution is 0.238. The topological polar surface area (TPSA) is 84.2 Å². The Morgan fingerprint density at radius 1 is 1.25 bits per heavy atom. The standard InChI is InChI=1S/C19H23N5O2SSi/c1-28(2,3)17-9-7-15(26-17)14-10-20-13-6-8-16(22-18(13)21-14)23-19(25)24(27)11-12-4-5-12/h6-10,12,27H,4-5,11H2,1-3H3,(H,21,22,23,25). The van der Waals surface area contributed by atoms with Gasteiger partial charge in [0.25, 0.3) is 0 Å². The maximum absolute atomic E-state index is 12.2. The molecule has 7 nitrogen and oxygen atoms in total. The molecule has 0 aromatic carbocycles. The summed E-state index contributed by atoms with van der Waals surface area (Å²) in [7, 11) is -1.53. The minimum atomic E-state index is -1.53. The molecular formula is C19H23N5O2SSi. The quantitative estimate of drug-likeness (QED) is 0.489. The molecule has 1 N–H and O–H groups in total. The number of fused-ring (bicyclic) bond motifs is 1. The summed E-state index contributed by atoms with van der Waals surface area (Å²) in [5.41, 5.74) is 1.73. The maximum Gasteiger partial charge on any atom is 0.332 e. The highest BCUT2D eigenvalue weighted by atomic mass is 32.1. The number of carbonyl (C=O) groups is 1. The Labute approximate surface area is 170 Å². The molecule has 1 aliphatic carbocycles. The molecule has 28 heavy (non-hydrogen) atoms. The van der Waals surface area contributed by atoms with E-state index in [9.17, 15) is 4.79 Å². The molecule has 0 spiro atoms. The van der Waals surface area contributed by atoms with E-state index in [4.69, 9.17) is 4.42 Å². The van der Waals surface area contributed by atoms with Crippen LogP contribution < -0.4 is 10.7 Å². The van der Waals surface area contributed by atoms with E-state index in [2.05, 4.69) is 52.7 Å². The minimum Gasteiger partial charge on any atom is -0.465 e. The number of furan rings is 1. The first kappa shape index (κ1) is 18.9. The molecule has 3 heterocycles. The van der Waals surface area contributed by atoms with Crippen LogP contribution in [0.15, 0.2) is 34.9 Å². The van der Waals surface area contributed by atoms with Gasteiger partial charge in [-0.2, -0.15) is 0 Å². The van der Waals surface area contributed by atoms with Crippen molar-refractivity contribution in [3.63, 3.8) is 0 Å². The van der Waals surface area contributed by atoms with Crippen LogP contribution in [0, 0.1) is 5.92 Å². The number of nitrogens with one attached hydrogen (secondary N) is 1. The molecule has 3 aromatic heterocycles. The molecular weight excluding hydrogens is 390 g/mol. The summed E-state index contributed by atoms with van der Waals surface area (Å²) < 4.78 is 7.39. The lowest BCUT2D eigenvalue weighted by Crippen LogP contribution is -2.36. The van der Waals surface area contributed by atoms with Crippen molar-refractivity contribution >= 4 is 49.3 Å². The third kappa shape index (κ3) is 4.20. The summed E-state index contributed by atoms with van der Waals surface area (Å²) in [6, 6.07) is 7.14. The first-order valence-corrected chi connectivity index (χ1v) is 13.2. The van der Waals surface area contributed by atoms with Crippen molar-refractivity contribution in [1.29, 1.82) is 0 Å². The average Bonchev–Trinajstić information content (AvgIpc) is 3.31. The molecule has 0 atom stereocenters. The summed E-state index contributed by atoms with van der Waals surface area (Å²) in [4.78, 5) is 25.7. The van der Waals surface area contributed by atoms with Gasteiger partial charge in [-0.05, 0) is 43.0 Å². The van der Waals surface area contributed by atoms with E-state index in [-0.39, 0.29) is 6.03 Å². The largest absolute Gasteiger partial charge is 0.465 e. The van der Waals surface area contributed by atoms with Crippen molar-refractivity contribution in [3.8, 4) is 11.5 Å². The number of urea groups is 1. The van der Waals surface area contributed by atoms with Crippen LogP contribution >= 0.6 is 12.8 Å². The molecule has 146 valence electrons. The molecule has 0 saturated heterocycles. The van der Waals surface area contributed by atoms with Crippen molar-refractivity contribution in [2.75, 3.05) is 11.9 Å². The van der Waals surface area contributed by atoms with E-state index >= 15 is 0 Å². The van der Waals surface area contributed by atoms with Crippen LogP contribution in [0.5, 0.6) is 0 Å². The number of nitrogens with zero attached hydrogens (tertiary/aromatic N) is 4. The van der Waals surface area contributed by atoms with Gasteiger partial charge in [-0.3, -0.25) is 14.6 Å². The number of rotatable bonds is 5. The molecule has 0 radical (unpaired) electrons. The number of hydrogen-bond acceptors (Lipinski definition) is 6. The second-order valence-electron chi connectivity index (χ2n) is 8.16. The van der Waals surface area contributed by atoms with Crippen molar-refractivity contribution in [3.05, 3.63) is 30.5 Å². The smallest absolute Gasteiger partial charge is 0.332 e. The number of aromatic nitrogens is 3. The SMILES string of the molecule is C[Si](C)(C)c1ccc(-c2cnc3ccc(NC(=O)N(S)CC4CC4)nc3n2)o1. The van der Waals surface area contributed by atoms with Gasteiger partial charge in [0, 0.05) is 6.54 Å². The Bertz CT molecular complexity index is 1030. The molecule has 0 aliphatic heterocycles. The predicted molar refractivity (Wildman–Crippen MR) is 115 cm³/mol. The molecule has 3 aromatic rings. The summed E-state index contributed by atoms with van der Waals surface area (Å²) in [6.07, 6.45) is 3.99. The van der Waals surface area contributed by atoms with Crippen molar-refractivity contribution in [2.24, 2.45) is 5.92 Å². The van der Waals surface area contributed by atoms with E-state index in [0.29, 0.717) is 40.9 Å². The summed E-state index contributed by atoms with van der Waals surface area (Å²) in [5, 5.41) is 3.78. The van der Waals surface area contributed by atoms with Crippen LogP contribution in [0.2, 0.25) is 19.6 Å². The highest BCUT2D eigenvalue weighted by molar-refractivity contribution is 7.78. The number of hydrogen-bond donors (Lipinski definition) is 2. The Hall–Kier alpha value is -2.39. The fraction of sp³-hybridized carbons (Fsp3) is 0.368. The van der Waals surface area contributed by atoms with Crippen molar-refractivity contribution in [2.45, 2.75) is 32.5 Å². The van der Waals surface area contributed by atoms with E-state index in [1.165, 1.54) is 4.31 Å². The Kier molecular flexibility index (Phi) is 4.88. The van der Waals surface area contributed by atoms with E-state index in [1.807, 2.05) is 12.1 Å². The lowest BCUT2D eigenvalue weighted by Gasteiger charge is -2.15. The van der Waals surface area contributed by atoms with Gasteiger partial charge in [-0.15, -0.1) is 0 Å². The molecule has 9 heteroatoms. The second kappa shape index (κ2) is 7.21. The number of anilines is 1. The lowest BCUT2D eigenvalue weighted by atomic mass is 10.3. The first-order chi connectivity index (χ1) is 13.3. The average molecular weight is 414 g/mol. The fourth-order valence-electron chi connectivity index (χ4n) is 2.77. The molecule has 1 fully saturated rings. The molecule has 0 bridgehead atoms. The van der Waals surface area contributed by atoms with Gasteiger partial charge >= 0.3 is 6.03 Å². The monoisotopic (exact) mass is 413 g/mol. The zero-order valence-corrected chi connectivity index (χ0v) is 18.0. The first-order valence-electron chi connectivity index (χ1n) is 9.31. The van der Waals surface area contributed by atoms with Crippen LogP contribution in [0.1, 0.15) is 12.8 Å². The minimum absolute atomic E-state index is 0.294. The van der Waals surface area contributed by atoms with Crippen LogP contribution in [-0.2, 0) is 0 Å².